The largest absolute Gasteiger partial charge is 0.391 e. The predicted octanol–water partition coefficient (Wildman–Crippen LogP) is 5.41. The lowest BCUT2D eigenvalue weighted by Crippen LogP contribution is -2.17. The fourth-order valence-electron chi connectivity index (χ4n) is 3.02. The summed E-state index contributed by atoms with van der Waals surface area (Å²) in [6.45, 7) is 3.04. The van der Waals surface area contributed by atoms with Gasteiger partial charge in [0.05, 0.1) is 18.9 Å². The highest BCUT2D eigenvalue weighted by Crippen LogP contribution is 2.35. The third-order valence-electron chi connectivity index (χ3n) is 4.71. The molecule has 1 unspecified atom stereocenters. The number of aliphatic hydroxyl groups excluding tert-OH is 1. The Kier molecular flexibility index (Phi) is 18.5. The van der Waals surface area contributed by atoms with Gasteiger partial charge in [-0.2, -0.15) is 0 Å². The second-order valence-electron chi connectivity index (χ2n) is 7.50. The summed E-state index contributed by atoms with van der Waals surface area (Å²) in [7, 11) is -4.01. The summed E-state index contributed by atoms with van der Waals surface area (Å²) in [5.41, 5.74) is 0. The molecule has 1 atom stereocenters. The fourth-order valence-corrected chi connectivity index (χ4v) is 3.65. The molecular weight excluding hydrogens is 351 g/mol. The minimum absolute atomic E-state index is 0.0863. The molecule has 0 aliphatic heterocycles. The van der Waals surface area contributed by atoms with E-state index in [0.29, 0.717) is 6.61 Å². The van der Waals surface area contributed by atoms with Crippen molar-refractivity contribution in [1.29, 1.82) is 0 Å². The van der Waals surface area contributed by atoms with E-state index in [2.05, 4.69) is 6.92 Å². The van der Waals surface area contributed by atoms with Gasteiger partial charge in [-0.15, -0.1) is 0 Å². The monoisotopic (exact) mass is 394 g/mol. The van der Waals surface area contributed by atoms with Crippen LogP contribution in [0.4, 0.5) is 0 Å². The standard InChI is InChI=1S/C20H43O5P/c1-2-3-4-5-6-7-8-9-10-11-12-13-14-15-17-25-19-20(21)16-18-26(22,23)24/h20-21H,2-19H2,1H3,(H2,22,23,24). The highest BCUT2D eigenvalue weighted by Gasteiger charge is 2.15. The summed E-state index contributed by atoms with van der Waals surface area (Å²) in [6, 6.07) is 0. The van der Waals surface area contributed by atoms with Crippen molar-refractivity contribution in [3.8, 4) is 0 Å². The first-order valence-electron chi connectivity index (χ1n) is 10.8. The summed E-state index contributed by atoms with van der Waals surface area (Å²) in [5.74, 6) is 0. The van der Waals surface area contributed by atoms with E-state index in [0.717, 1.165) is 12.8 Å². The highest BCUT2D eigenvalue weighted by atomic mass is 31.2. The first kappa shape index (κ1) is 26.1. The highest BCUT2D eigenvalue weighted by molar-refractivity contribution is 7.51. The molecule has 6 heteroatoms. The average Bonchev–Trinajstić information content (AvgIpc) is 2.59. The van der Waals surface area contributed by atoms with Crippen molar-refractivity contribution in [3.05, 3.63) is 0 Å². The van der Waals surface area contributed by atoms with E-state index in [1.807, 2.05) is 0 Å². The SMILES string of the molecule is CCCCCCCCCCCCCCCCOCC(O)CCP(=O)(O)O. The summed E-state index contributed by atoms with van der Waals surface area (Å²) in [4.78, 5) is 17.5. The normalized spacial score (nSPS) is 13.2. The van der Waals surface area contributed by atoms with Crippen LogP contribution in [0.3, 0.4) is 0 Å². The van der Waals surface area contributed by atoms with Gasteiger partial charge in [-0.3, -0.25) is 4.57 Å². The van der Waals surface area contributed by atoms with Crippen LogP contribution in [0.15, 0.2) is 0 Å². The van der Waals surface area contributed by atoms with Gasteiger partial charge < -0.3 is 19.6 Å². The number of rotatable bonds is 20. The van der Waals surface area contributed by atoms with E-state index in [1.54, 1.807) is 0 Å². The van der Waals surface area contributed by atoms with Gasteiger partial charge in [0.15, 0.2) is 0 Å². The fraction of sp³-hybridized carbons (Fsp3) is 1.00. The van der Waals surface area contributed by atoms with Crippen molar-refractivity contribution < 1.29 is 24.2 Å². The Morgan fingerprint density at radius 2 is 1.19 bits per heavy atom. The quantitative estimate of drug-likeness (QED) is 0.190. The first-order chi connectivity index (χ1) is 12.5. The van der Waals surface area contributed by atoms with Crippen LogP contribution >= 0.6 is 7.60 Å². The second kappa shape index (κ2) is 18.4. The molecule has 0 heterocycles. The minimum atomic E-state index is -4.01. The average molecular weight is 395 g/mol. The van der Waals surface area contributed by atoms with E-state index in [9.17, 15) is 9.67 Å². The Balaban J connectivity index is 3.14. The Hall–Kier alpha value is 0.0700. The topological polar surface area (TPSA) is 87.0 Å². The molecule has 0 bridgehead atoms. The van der Waals surface area contributed by atoms with Gasteiger partial charge >= 0.3 is 7.60 Å². The van der Waals surface area contributed by atoms with Crippen LogP contribution in [0.2, 0.25) is 0 Å². The molecule has 0 aromatic carbocycles. The Morgan fingerprint density at radius 1 is 0.769 bits per heavy atom. The maximum Gasteiger partial charge on any atom is 0.325 e. The molecule has 0 aliphatic rings. The Morgan fingerprint density at radius 3 is 1.62 bits per heavy atom. The molecule has 3 N–H and O–H groups in total. The summed E-state index contributed by atoms with van der Waals surface area (Å²) >= 11 is 0. The second-order valence-corrected chi connectivity index (χ2v) is 9.28. The number of hydrogen-bond acceptors (Lipinski definition) is 3. The molecule has 0 radical (unpaired) electrons. The van der Waals surface area contributed by atoms with E-state index < -0.39 is 13.7 Å². The van der Waals surface area contributed by atoms with Gasteiger partial charge in [0.2, 0.25) is 0 Å². The molecule has 0 aromatic heterocycles. The van der Waals surface area contributed by atoms with Crippen LogP contribution in [0.1, 0.15) is 103 Å². The van der Waals surface area contributed by atoms with Crippen molar-refractivity contribution in [2.24, 2.45) is 0 Å². The zero-order chi connectivity index (χ0) is 19.5. The third-order valence-corrected chi connectivity index (χ3v) is 5.55. The van der Waals surface area contributed by atoms with Gasteiger partial charge in [0.1, 0.15) is 0 Å². The molecular formula is C20H43O5P. The van der Waals surface area contributed by atoms with Gasteiger partial charge in [-0.25, -0.2) is 0 Å². The molecule has 0 aliphatic carbocycles. The molecule has 0 spiro atoms. The van der Waals surface area contributed by atoms with Gasteiger partial charge in [0, 0.05) is 6.61 Å². The van der Waals surface area contributed by atoms with Crippen molar-refractivity contribution in [1.82, 2.24) is 0 Å². The van der Waals surface area contributed by atoms with Gasteiger partial charge in [0.25, 0.3) is 0 Å². The van der Waals surface area contributed by atoms with Crippen LogP contribution in [-0.4, -0.2) is 40.4 Å². The van der Waals surface area contributed by atoms with E-state index in [1.165, 1.54) is 77.0 Å². The lowest BCUT2D eigenvalue weighted by molar-refractivity contribution is 0.0333. The molecule has 0 aromatic rings. The van der Waals surface area contributed by atoms with Crippen LogP contribution in [0.5, 0.6) is 0 Å². The van der Waals surface area contributed by atoms with Gasteiger partial charge in [-0.1, -0.05) is 90.4 Å². The zero-order valence-corrected chi connectivity index (χ0v) is 17.8. The molecule has 5 nitrogen and oxygen atoms in total. The van der Waals surface area contributed by atoms with E-state index in [4.69, 9.17) is 14.5 Å². The van der Waals surface area contributed by atoms with E-state index in [-0.39, 0.29) is 19.2 Å². The first-order valence-corrected chi connectivity index (χ1v) is 12.6. The van der Waals surface area contributed by atoms with Crippen LogP contribution < -0.4 is 0 Å². The molecule has 0 rings (SSSR count). The smallest absolute Gasteiger partial charge is 0.325 e. The minimum Gasteiger partial charge on any atom is -0.391 e. The van der Waals surface area contributed by atoms with Crippen LogP contribution in [0.25, 0.3) is 0 Å². The van der Waals surface area contributed by atoms with Crippen LogP contribution in [-0.2, 0) is 9.30 Å². The maximum atomic E-state index is 10.7. The molecule has 26 heavy (non-hydrogen) atoms. The number of aliphatic hydroxyl groups is 1. The van der Waals surface area contributed by atoms with Crippen molar-refractivity contribution >= 4 is 7.60 Å². The summed E-state index contributed by atoms with van der Waals surface area (Å²) in [6.07, 6.45) is 17.5. The number of hydrogen-bond donors (Lipinski definition) is 3. The van der Waals surface area contributed by atoms with Crippen LogP contribution in [0, 0.1) is 0 Å². The lowest BCUT2D eigenvalue weighted by Gasteiger charge is -2.11. The number of ether oxygens (including phenoxy) is 1. The maximum absolute atomic E-state index is 10.7. The summed E-state index contributed by atoms with van der Waals surface area (Å²) < 4.78 is 16.1. The predicted molar refractivity (Wildman–Crippen MR) is 109 cm³/mol. The molecule has 0 saturated heterocycles. The molecule has 0 amide bonds. The van der Waals surface area contributed by atoms with E-state index >= 15 is 0 Å². The van der Waals surface area contributed by atoms with Crippen molar-refractivity contribution in [2.75, 3.05) is 19.4 Å². The Bertz CT molecular complexity index is 332. The molecule has 0 saturated carbocycles. The number of unbranched alkanes of at least 4 members (excludes halogenated alkanes) is 13. The zero-order valence-electron chi connectivity index (χ0n) is 16.9. The van der Waals surface area contributed by atoms with Crippen molar-refractivity contribution in [2.45, 2.75) is 109 Å². The van der Waals surface area contributed by atoms with Gasteiger partial charge in [-0.05, 0) is 12.8 Å². The lowest BCUT2D eigenvalue weighted by atomic mass is 10.0. The third kappa shape index (κ3) is 22.1. The summed E-state index contributed by atoms with van der Waals surface area (Å²) in [5, 5.41) is 9.56. The van der Waals surface area contributed by atoms with Crippen molar-refractivity contribution in [3.63, 3.8) is 0 Å². The molecule has 0 fully saturated rings. The Labute approximate surface area is 161 Å². The molecule has 158 valence electrons.